The van der Waals surface area contributed by atoms with Crippen molar-refractivity contribution in [1.29, 1.82) is 0 Å². The van der Waals surface area contributed by atoms with Gasteiger partial charge in [-0.05, 0) is 57.8 Å². The number of hydrogen-bond acceptors (Lipinski definition) is 4. The third-order valence-corrected chi connectivity index (χ3v) is 4.29. The van der Waals surface area contributed by atoms with Crippen LogP contribution in [0.2, 0.25) is 0 Å². The van der Waals surface area contributed by atoms with Crippen molar-refractivity contribution in [2.24, 2.45) is 0 Å². The number of nitrogens with one attached hydrogen (secondary N) is 2. The quantitative estimate of drug-likeness (QED) is 0.664. The zero-order chi connectivity index (χ0) is 16.8. The fraction of sp³-hybridized carbons (Fsp3) is 0.111. The molecule has 0 aliphatic rings. The molecule has 24 heavy (non-hydrogen) atoms. The number of thiophene rings is 1. The molecule has 2 aromatic heterocycles. The average molecular weight is 339 g/mol. The molecule has 2 heterocycles. The SMILES string of the molecule is O=C(Nc1ccc(-c2ccncc2)cc1)NC(CO)c1ccsc1. The van der Waals surface area contributed by atoms with E-state index in [9.17, 15) is 9.90 Å². The number of amides is 2. The summed E-state index contributed by atoms with van der Waals surface area (Å²) in [6, 6.07) is 12.5. The minimum Gasteiger partial charge on any atom is -0.394 e. The Bertz CT molecular complexity index is 774. The first kappa shape index (κ1) is 16.2. The van der Waals surface area contributed by atoms with E-state index in [1.165, 1.54) is 11.3 Å². The molecule has 0 radical (unpaired) electrons. The molecule has 5 nitrogen and oxygen atoms in total. The first-order valence-corrected chi connectivity index (χ1v) is 8.41. The lowest BCUT2D eigenvalue weighted by atomic mass is 10.1. The number of aromatic nitrogens is 1. The van der Waals surface area contributed by atoms with Crippen molar-refractivity contribution in [2.45, 2.75) is 6.04 Å². The van der Waals surface area contributed by atoms with E-state index in [1.807, 2.05) is 53.2 Å². The number of pyridine rings is 1. The van der Waals surface area contributed by atoms with Crippen molar-refractivity contribution in [1.82, 2.24) is 10.3 Å². The molecule has 3 rings (SSSR count). The van der Waals surface area contributed by atoms with Gasteiger partial charge in [0.2, 0.25) is 0 Å². The number of anilines is 1. The van der Waals surface area contributed by atoms with Crippen LogP contribution in [0.3, 0.4) is 0 Å². The summed E-state index contributed by atoms with van der Waals surface area (Å²) >= 11 is 1.53. The molecule has 0 spiro atoms. The predicted octanol–water partition coefficient (Wildman–Crippen LogP) is 3.67. The van der Waals surface area contributed by atoms with Crippen molar-refractivity contribution >= 4 is 23.1 Å². The minimum absolute atomic E-state index is 0.148. The topological polar surface area (TPSA) is 74.2 Å². The lowest BCUT2D eigenvalue weighted by Gasteiger charge is -2.16. The van der Waals surface area contributed by atoms with Crippen LogP contribution in [-0.4, -0.2) is 22.7 Å². The van der Waals surface area contributed by atoms with Gasteiger partial charge in [-0.25, -0.2) is 4.79 Å². The summed E-state index contributed by atoms with van der Waals surface area (Å²) in [6.07, 6.45) is 3.49. The van der Waals surface area contributed by atoms with E-state index >= 15 is 0 Å². The Kier molecular flexibility index (Phi) is 5.20. The Balaban J connectivity index is 1.62. The molecule has 1 aromatic carbocycles. The summed E-state index contributed by atoms with van der Waals surface area (Å²) < 4.78 is 0. The van der Waals surface area contributed by atoms with E-state index in [2.05, 4.69) is 15.6 Å². The van der Waals surface area contributed by atoms with Gasteiger partial charge in [-0.15, -0.1) is 0 Å². The molecule has 0 aliphatic heterocycles. The van der Waals surface area contributed by atoms with E-state index in [-0.39, 0.29) is 12.6 Å². The van der Waals surface area contributed by atoms with Gasteiger partial charge in [0.1, 0.15) is 0 Å². The van der Waals surface area contributed by atoms with Gasteiger partial charge in [-0.3, -0.25) is 4.98 Å². The first-order valence-electron chi connectivity index (χ1n) is 7.47. The Labute approximate surface area is 144 Å². The van der Waals surface area contributed by atoms with Crippen molar-refractivity contribution in [3.63, 3.8) is 0 Å². The van der Waals surface area contributed by atoms with E-state index in [0.29, 0.717) is 5.69 Å². The van der Waals surface area contributed by atoms with Gasteiger partial charge >= 0.3 is 6.03 Å². The zero-order valence-corrected chi connectivity index (χ0v) is 13.7. The van der Waals surface area contributed by atoms with E-state index in [0.717, 1.165) is 16.7 Å². The highest BCUT2D eigenvalue weighted by Gasteiger charge is 2.14. The van der Waals surface area contributed by atoms with Crippen LogP contribution >= 0.6 is 11.3 Å². The average Bonchev–Trinajstić information content (AvgIpc) is 3.15. The highest BCUT2D eigenvalue weighted by molar-refractivity contribution is 7.08. The van der Waals surface area contributed by atoms with Crippen LogP contribution in [0.15, 0.2) is 65.6 Å². The molecular weight excluding hydrogens is 322 g/mol. The largest absolute Gasteiger partial charge is 0.394 e. The van der Waals surface area contributed by atoms with Gasteiger partial charge in [-0.2, -0.15) is 11.3 Å². The Morgan fingerprint density at radius 1 is 1.08 bits per heavy atom. The summed E-state index contributed by atoms with van der Waals surface area (Å²) in [5.74, 6) is 0. The van der Waals surface area contributed by atoms with Crippen molar-refractivity contribution in [3.05, 3.63) is 71.2 Å². The van der Waals surface area contributed by atoms with Crippen LogP contribution in [0.4, 0.5) is 10.5 Å². The second kappa shape index (κ2) is 7.72. The second-order valence-corrected chi connectivity index (χ2v) is 5.98. The van der Waals surface area contributed by atoms with Crippen LogP contribution in [0.1, 0.15) is 11.6 Å². The summed E-state index contributed by atoms with van der Waals surface area (Å²) in [7, 11) is 0. The number of urea groups is 1. The molecule has 3 aromatic rings. The number of benzene rings is 1. The van der Waals surface area contributed by atoms with Gasteiger partial charge in [0.25, 0.3) is 0 Å². The van der Waals surface area contributed by atoms with Gasteiger partial charge in [0.05, 0.1) is 12.6 Å². The number of aliphatic hydroxyl groups is 1. The standard InChI is InChI=1S/C18H17N3O2S/c22-11-17(15-7-10-24-12-15)21-18(23)20-16-3-1-13(2-4-16)14-5-8-19-9-6-14/h1-10,12,17,22H,11H2,(H2,20,21,23). The molecule has 6 heteroatoms. The number of nitrogens with zero attached hydrogens (tertiary/aromatic N) is 1. The fourth-order valence-electron chi connectivity index (χ4n) is 2.32. The molecule has 122 valence electrons. The fourth-order valence-corrected chi connectivity index (χ4v) is 3.04. The lowest BCUT2D eigenvalue weighted by molar-refractivity contribution is 0.225. The molecular formula is C18H17N3O2S. The maximum Gasteiger partial charge on any atom is 0.319 e. The molecule has 1 atom stereocenters. The number of hydrogen-bond donors (Lipinski definition) is 3. The number of aliphatic hydroxyl groups excluding tert-OH is 1. The monoisotopic (exact) mass is 339 g/mol. The molecule has 0 saturated carbocycles. The maximum atomic E-state index is 12.1. The maximum absolute atomic E-state index is 12.1. The van der Waals surface area contributed by atoms with Crippen molar-refractivity contribution in [3.8, 4) is 11.1 Å². The summed E-state index contributed by atoms with van der Waals surface area (Å²) in [4.78, 5) is 16.1. The van der Waals surface area contributed by atoms with Crippen LogP contribution in [0.25, 0.3) is 11.1 Å². The van der Waals surface area contributed by atoms with Crippen LogP contribution in [-0.2, 0) is 0 Å². The van der Waals surface area contributed by atoms with Crippen molar-refractivity contribution < 1.29 is 9.90 Å². The Morgan fingerprint density at radius 3 is 2.42 bits per heavy atom. The van der Waals surface area contributed by atoms with Crippen LogP contribution in [0.5, 0.6) is 0 Å². The van der Waals surface area contributed by atoms with Gasteiger partial charge < -0.3 is 15.7 Å². The first-order chi connectivity index (χ1) is 11.8. The van der Waals surface area contributed by atoms with Crippen molar-refractivity contribution in [2.75, 3.05) is 11.9 Å². The summed E-state index contributed by atoms with van der Waals surface area (Å²) in [5, 5.41) is 18.8. The predicted molar refractivity (Wildman–Crippen MR) is 96.0 cm³/mol. The highest BCUT2D eigenvalue weighted by atomic mass is 32.1. The molecule has 1 unspecified atom stereocenters. The van der Waals surface area contributed by atoms with E-state index < -0.39 is 6.04 Å². The highest BCUT2D eigenvalue weighted by Crippen LogP contribution is 2.21. The third kappa shape index (κ3) is 3.98. The summed E-state index contributed by atoms with van der Waals surface area (Å²) in [6.45, 7) is -0.148. The van der Waals surface area contributed by atoms with Crippen LogP contribution in [0, 0.1) is 0 Å². The van der Waals surface area contributed by atoms with Gasteiger partial charge in [-0.1, -0.05) is 12.1 Å². The third-order valence-electron chi connectivity index (χ3n) is 3.59. The normalized spacial score (nSPS) is 11.7. The van der Waals surface area contributed by atoms with Gasteiger partial charge in [0, 0.05) is 18.1 Å². The molecule has 0 bridgehead atoms. The number of carbonyl (C=O) groups excluding carboxylic acids is 1. The van der Waals surface area contributed by atoms with E-state index in [4.69, 9.17) is 0 Å². The Hall–Kier alpha value is -2.70. The zero-order valence-electron chi connectivity index (χ0n) is 12.8. The second-order valence-electron chi connectivity index (χ2n) is 5.20. The molecule has 0 saturated heterocycles. The lowest BCUT2D eigenvalue weighted by Crippen LogP contribution is -2.34. The Morgan fingerprint density at radius 2 is 1.79 bits per heavy atom. The molecule has 2 amide bonds. The van der Waals surface area contributed by atoms with Crippen LogP contribution < -0.4 is 10.6 Å². The number of carbonyl (C=O) groups is 1. The van der Waals surface area contributed by atoms with E-state index in [1.54, 1.807) is 12.4 Å². The smallest absolute Gasteiger partial charge is 0.319 e. The molecule has 0 aliphatic carbocycles. The molecule has 3 N–H and O–H groups in total. The minimum atomic E-state index is -0.410. The number of rotatable bonds is 5. The van der Waals surface area contributed by atoms with Gasteiger partial charge in [0.15, 0.2) is 0 Å². The molecule has 0 fully saturated rings. The summed E-state index contributed by atoms with van der Waals surface area (Å²) in [5.41, 5.74) is 3.70.